The third kappa shape index (κ3) is 3.03. The summed E-state index contributed by atoms with van der Waals surface area (Å²) in [5, 5.41) is 4.87. The van der Waals surface area contributed by atoms with Crippen LogP contribution in [0.1, 0.15) is 17.0 Å². The maximum absolute atomic E-state index is 6.29. The van der Waals surface area contributed by atoms with Crippen molar-refractivity contribution in [1.29, 1.82) is 0 Å². The zero-order valence-electron chi connectivity index (χ0n) is 11.8. The maximum Gasteiger partial charge on any atom is 0.122 e. The van der Waals surface area contributed by atoms with Gasteiger partial charge in [-0.05, 0) is 43.3 Å². The Balaban J connectivity index is 1.85. The molecule has 21 heavy (non-hydrogen) atoms. The second kappa shape index (κ2) is 6.27. The molecule has 0 saturated carbocycles. The number of para-hydroxylation sites is 1. The van der Waals surface area contributed by atoms with Crippen LogP contribution in [-0.4, -0.2) is 19.7 Å². The maximum atomic E-state index is 6.29. The Morgan fingerprint density at radius 2 is 2.05 bits per heavy atom. The fraction of sp³-hybridized carbons (Fsp3) is 0.294. The van der Waals surface area contributed by atoms with Crippen molar-refractivity contribution in [2.24, 2.45) is 0 Å². The van der Waals surface area contributed by atoms with Crippen molar-refractivity contribution >= 4 is 23.2 Å². The number of rotatable bonds is 4. The van der Waals surface area contributed by atoms with Gasteiger partial charge in [0.05, 0.1) is 6.61 Å². The van der Waals surface area contributed by atoms with E-state index in [1.165, 1.54) is 5.56 Å². The summed E-state index contributed by atoms with van der Waals surface area (Å²) in [7, 11) is 1.98. The van der Waals surface area contributed by atoms with E-state index in [4.69, 9.17) is 27.9 Å². The van der Waals surface area contributed by atoms with E-state index in [0.717, 1.165) is 22.8 Å². The molecule has 0 amide bonds. The van der Waals surface area contributed by atoms with E-state index in [2.05, 4.69) is 17.4 Å². The first kappa shape index (κ1) is 14.7. The average molecular weight is 322 g/mol. The standard InChI is InChI=1S/C17H17Cl2NO/c1-20-16(9-11-8-12(18)6-7-15(11)19)14-10-21-17-5-3-2-4-13(14)17/h2-8,14,16,20H,9-10H2,1H3. The SMILES string of the molecule is CNC(Cc1cc(Cl)ccc1Cl)C1COc2ccccc21. The summed E-state index contributed by atoms with van der Waals surface area (Å²) in [6.07, 6.45) is 0.818. The Kier molecular flexibility index (Phi) is 4.39. The van der Waals surface area contributed by atoms with Gasteiger partial charge in [-0.3, -0.25) is 0 Å². The number of hydrogen-bond acceptors (Lipinski definition) is 2. The van der Waals surface area contributed by atoms with Gasteiger partial charge in [-0.2, -0.15) is 0 Å². The Bertz CT molecular complexity index is 644. The van der Waals surface area contributed by atoms with E-state index in [1.807, 2.05) is 37.4 Å². The van der Waals surface area contributed by atoms with Crippen LogP contribution in [0, 0.1) is 0 Å². The molecule has 2 aromatic carbocycles. The molecule has 0 saturated heterocycles. The molecule has 110 valence electrons. The van der Waals surface area contributed by atoms with E-state index in [0.29, 0.717) is 17.5 Å². The number of ether oxygens (including phenoxy) is 1. The van der Waals surface area contributed by atoms with Crippen molar-refractivity contribution < 1.29 is 4.74 Å². The summed E-state index contributed by atoms with van der Waals surface area (Å²) in [5.74, 6) is 1.31. The number of benzene rings is 2. The normalized spacial score (nSPS) is 18.1. The van der Waals surface area contributed by atoms with Crippen LogP contribution in [0.15, 0.2) is 42.5 Å². The quantitative estimate of drug-likeness (QED) is 0.906. The van der Waals surface area contributed by atoms with E-state index in [-0.39, 0.29) is 6.04 Å². The third-order valence-corrected chi connectivity index (χ3v) is 4.64. The summed E-state index contributed by atoms with van der Waals surface area (Å²) >= 11 is 12.4. The molecule has 0 fully saturated rings. The zero-order valence-corrected chi connectivity index (χ0v) is 13.3. The van der Waals surface area contributed by atoms with Crippen LogP contribution in [0.2, 0.25) is 10.0 Å². The molecule has 0 aromatic heterocycles. The van der Waals surface area contributed by atoms with Gasteiger partial charge in [0, 0.05) is 27.6 Å². The predicted molar refractivity (Wildman–Crippen MR) is 87.7 cm³/mol. The molecule has 1 aliphatic rings. The second-order valence-corrected chi connectivity index (χ2v) is 6.13. The van der Waals surface area contributed by atoms with E-state index in [9.17, 15) is 0 Å². The van der Waals surface area contributed by atoms with Gasteiger partial charge < -0.3 is 10.1 Å². The van der Waals surface area contributed by atoms with Gasteiger partial charge in [-0.1, -0.05) is 41.4 Å². The Morgan fingerprint density at radius 1 is 1.24 bits per heavy atom. The summed E-state index contributed by atoms with van der Waals surface area (Å²) < 4.78 is 5.79. The van der Waals surface area contributed by atoms with Crippen molar-refractivity contribution in [3.05, 3.63) is 63.6 Å². The topological polar surface area (TPSA) is 21.3 Å². The molecule has 2 aromatic rings. The Labute approximate surface area is 135 Å². The van der Waals surface area contributed by atoms with E-state index in [1.54, 1.807) is 0 Å². The van der Waals surface area contributed by atoms with Crippen LogP contribution >= 0.6 is 23.2 Å². The van der Waals surface area contributed by atoms with Crippen LogP contribution in [0.3, 0.4) is 0 Å². The van der Waals surface area contributed by atoms with Crippen molar-refractivity contribution in [2.45, 2.75) is 18.4 Å². The first-order chi connectivity index (χ1) is 10.2. The smallest absolute Gasteiger partial charge is 0.122 e. The van der Waals surface area contributed by atoms with Gasteiger partial charge in [0.1, 0.15) is 5.75 Å². The molecule has 2 unspecified atom stereocenters. The van der Waals surface area contributed by atoms with Gasteiger partial charge in [-0.15, -0.1) is 0 Å². The summed E-state index contributed by atoms with van der Waals surface area (Å²) in [5.41, 5.74) is 2.32. The van der Waals surface area contributed by atoms with Gasteiger partial charge in [0.25, 0.3) is 0 Å². The number of halogens is 2. The van der Waals surface area contributed by atoms with Crippen LogP contribution in [0.4, 0.5) is 0 Å². The van der Waals surface area contributed by atoms with Crippen LogP contribution in [0.5, 0.6) is 5.75 Å². The molecule has 3 rings (SSSR count). The first-order valence-electron chi connectivity index (χ1n) is 7.02. The van der Waals surface area contributed by atoms with Crippen molar-refractivity contribution in [3.63, 3.8) is 0 Å². The minimum Gasteiger partial charge on any atom is -0.493 e. The summed E-state index contributed by atoms with van der Waals surface area (Å²) in [6, 6.07) is 14.1. The molecule has 2 atom stereocenters. The molecular formula is C17H17Cl2NO. The lowest BCUT2D eigenvalue weighted by atomic mass is 9.89. The lowest BCUT2D eigenvalue weighted by Gasteiger charge is -2.23. The highest BCUT2D eigenvalue weighted by molar-refractivity contribution is 6.33. The molecule has 0 radical (unpaired) electrons. The van der Waals surface area contributed by atoms with Crippen LogP contribution in [-0.2, 0) is 6.42 Å². The molecule has 2 nitrogen and oxygen atoms in total. The molecule has 1 aliphatic heterocycles. The second-order valence-electron chi connectivity index (χ2n) is 5.29. The van der Waals surface area contributed by atoms with Crippen molar-refractivity contribution in [2.75, 3.05) is 13.7 Å². The number of hydrogen-bond donors (Lipinski definition) is 1. The summed E-state index contributed by atoms with van der Waals surface area (Å²) in [6.45, 7) is 0.697. The first-order valence-corrected chi connectivity index (χ1v) is 7.77. The minimum atomic E-state index is 0.254. The molecule has 1 N–H and O–H groups in total. The van der Waals surface area contributed by atoms with Crippen molar-refractivity contribution in [1.82, 2.24) is 5.32 Å². The van der Waals surface area contributed by atoms with Crippen LogP contribution in [0.25, 0.3) is 0 Å². The number of fused-ring (bicyclic) bond motifs is 1. The lowest BCUT2D eigenvalue weighted by Crippen LogP contribution is -2.35. The fourth-order valence-corrected chi connectivity index (χ4v) is 3.29. The Hall–Kier alpha value is -1.22. The fourth-order valence-electron chi connectivity index (χ4n) is 2.90. The molecule has 4 heteroatoms. The monoisotopic (exact) mass is 321 g/mol. The van der Waals surface area contributed by atoms with Gasteiger partial charge in [-0.25, -0.2) is 0 Å². The average Bonchev–Trinajstić information content (AvgIpc) is 2.92. The highest BCUT2D eigenvalue weighted by Gasteiger charge is 2.30. The largest absolute Gasteiger partial charge is 0.493 e. The number of likely N-dealkylation sites (N-methyl/N-ethyl adjacent to an activating group) is 1. The number of nitrogens with one attached hydrogen (secondary N) is 1. The molecule has 0 spiro atoms. The van der Waals surface area contributed by atoms with E-state index < -0.39 is 0 Å². The zero-order chi connectivity index (χ0) is 14.8. The predicted octanol–water partition coefficient (Wildman–Crippen LogP) is 4.30. The highest BCUT2D eigenvalue weighted by Crippen LogP contribution is 2.37. The summed E-state index contributed by atoms with van der Waals surface area (Å²) in [4.78, 5) is 0. The molecule has 0 aliphatic carbocycles. The van der Waals surface area contributed by atoms with Crippen molar-refractivity contribution in [3.8, 4) is 5.75 Å². The molecule has 0 bridgehead atoms. The minimum absolute atomic E-state index is 0.254. The van der Waals surface area contributed by atoms with Gasteiger partial charge in [0.2, 0.25) is 0 Å². The molecule has 1 heterocycles. The van der Waals surface area contributed by atoms with Gasteiger partial charge >= 0.3 is 0 Å². The molecular weight excluding hydrogens is 305 g/mol. The third-order valence-electron chi connectivity index (χ3n) is 4.04. The highest BCUT2D eigenvalue weighted by atomic mass is 35.5. The lowest BCUT2D eigenvalue weighted by molar-refractivity contribution is 0.302. The Morgan fingerprint density at radius 3 is 2.86 bits per heavy atom. The van der Waals surface area contributed by atoms with Crippen LogP contribution < -0.4 is 10.1 Å². The van der Waals surface area contributed by atoms with Gasteiger partial charge in [0.15, 0.2) is 0 Å². The van der Waals surface area contributed by atoms with E-state index >= 15 is 0 Å².